The number of benzene rings is 2. The van der Waals surface area contributed by atoms with Gasteiger partial charge in [0.2, 0.25) is 10.0 Å². The summed E-state index contributed by atoms with van der Waals surface area (Å²) in [4.78, 5) is 24.9. The van der Waals surface area contributed by atoms with Crippen molar-refractivity contribution in [2.24, 2.45) is 5.10 Å². The van der Waals surface area contributed by atoms with E-state index in [1.807, 2.05) is 4.90 Å². The van der Waals surface area contributed by atoms with Crippen molar-refractivity contribution in [2.75, 3.05) is 48.3 Å². The van der Waals surface area contributed by atoms with Crippen LogP contribution in [0.1, 0.15) is 11.1 Å². The number of alkyl halides is 3. The standard InChI is InChI=1S/C21H22F3N5O6S/c1-36(33,34)28(17-4-2-3-16(12-17)21(22,23)24)14-20(30)26-25-13-15-11-18(29(31)32)5-6-19(15)27-7-9-35-10-8-27/h2-6,11-13H,7-10,14H2,1H3,(H,26,30)/b25-13-. The molecule has 0 atom stereocenters. The number of halogens is 3. The number of amides is 1. The molecule has 2 aromatic rings. The molecule has 1 aliphatic heterocycles. The first-order valence-corrected chi connectivity index (χ1v) is 12.3. The highest BCUT2D eigenvalue weighted by molar-refractivity contribution is 7.92. The molecule has 15 heteroatoms. The largest absolute Gasteiger partial charge is 0.416 e. The molecule has 36 heavy (non-hydrogen) atoms. The maximum absolute atomic E-state index is 13.0. The van der Waals surface area contributed by atoms with Crippen molar-refractivity contribution in [2.45, 2.75) is 6.18 Å². The number of hydrogen-bond acceptors (Lipinski definition) is 8. The average Bonchev–Trinajstić information content (AvgIpc) is 2.82. The van der Waals surface area contributed by atoms with Crippen LogP contribution in [0.3, 0.4) is 0 Å². The number of nitrogens with one attached hydrogen (secondary N) is 1. The Morgan fingerprint density at radius 1 is 1.25 bits per heavy atom. The van der Waals surface area contributed by atoms with Crippen LogP contribution in [0.5, 0.6) is 0 Å². The van der Waals surface area contributed by atoms with Crippen LogP contribution >= 0.6 is 0 Å². The summed E-state index contributed by atoms with van der Waals surface area (Å²) in [7, 11) is -4.13. The lowest BCUT2D eigenvalue weighted by Crippen LogP contribution is -2.39. The van der Waals surface area contributed by atoms with Crippen LogP contribution in [0.4, 0.5) is 30.2 Å². The van der Waals surface area contributed by atoms with Crippen molar-refractivity contribution in [3.8, 4) is 0 Å². The van der Waals surface area contributed by atoms with Gasteiger partial charge in [0.1, 0.15) is 6.54 Å². The average molecular weight is 529 g/mol. The van der Waals surface area contributed by atoms with E-state index in [0.29, 0.717) is 47.9 Å². The zero-order chi connectivity index (χ0) is 26.5. The molecule has 1 fully saturated rings. The molecule has 0 radical (unpaired) electrons. The van der Waals surface area contributed by atoms with E-state index >= 15 is 0 Å². The number of nitrogens with zero attached hydrogens (tertiary/aromatic N) is 4. The summed E-state index contributed by atoms with van der Waals surface area (Å²) in [5.41, 5.74) is 1.43. The fraction of sp³-hybridized carbons (Fsp3) is 0.333. The molecule has 2 aromatic carbocycles. The lowest BCUT2D eigenvalue weighted by atomic mass is 10.1. The third-order valence-electron chi connectivity index (χ3n) is 5.12. The van der Waals surface area contributed by atoms with Crippen LogP contribution in [-0.4, -0.2) is 64.6 Å². The van der Waals surface area contributed by atoms with Crippen LogP contribution in [0.15, 0.2) is 47.6 Å². The predicted molar refractivity (Wildman–Crippen MR) is 125 cm³/mol. The summed E-state index contributed by atoms with van der Waals surface area (Å²) in [5, 5.41) is 15.0. The number of carbonyl (C=O) groups excluding carboxylic acids is 1. The fourth-order valence-corrected chi connectivity index (χ4v) is 4.28. The van der Waals surface area contributed by atoms with E-state index < -0.39 is 39.1 Å². The Balaban J connectivity index is 1.79. The van der Waals surface area contributed by atoms with Crippen molar-refractivity contribution >= 4 is 39.2 Å². The van der Waals surface area contributed by atoms with Crippen LogP contribution < -0.4 is 14.6 Å². The summed E-state index contributed by atoms with van der Waals surface area (Å²) in [6.07, 6.45) is -2.78. The number of sulfonamides is 1. The molecule has 0 saturated carbocycles. The molecule has 3 rings (SSSR count). The molecule has 0 aliphatic carbocycles. The number of hydrogen-bond donors (Lipinski definition) is 1. The Labute approximate surface area is 204 Å². The van der Waals surface area contributed by atoms with Crippen LogP contribution in [0.25, 0.3) is 0 Å². The van der Waals surface area contributed by atoms with Crippen LogP contribution in [0.2, 0.25) is 0 Å². The number of nitro groups is 1. The molecule has 1 N–H and O–H groups in total. The third-order valence-corrected chi connectivity index (χ3v) is 6.26. The molecule has 1 aliphatic rings. The topological polar surface area (TPSA) is 134 Å². The quantitative estimate of drug-likeness (QED) is 0.315. The van der Waals surface area contributed by atoms with Gasteiger partial charge < -0.3 is 9.64 Å². The van der Waals surface area contributed by atoms with Gasteiger partial charge in [-0.1, -0.05) is 6.07 Å². The summed E-state index contributed by atoms with van der Waals surface area (Å²) < 4.78 is 69.3. The maximum atomic E-state index is 13.0. The van der Waals surface area contributed by atoms with Gasteiger partial charge in [-0.25, -0.2) is 13.8 Å². The first-order chi connectivity index (χ1) is 16.9. The molecule has 1 saturated heterocycles. The van der Waals surface area contributed by atoms with E-state index in [1.165, 1.54) is 18.3 Å². The zero-order valence-electron chi connectivity index (χ0n) is 18.9. The normalized spacial score (nSPS) is 14.6. The van der Waals surface area contributed by atoms with Crippen molar-refractivity contribution < 1.29 is 36.0 Å². The molecule has 11 nitrogen and oxygen atoms in total. The Morgan fingerprint density at radius 2 is 1.94 bits per heavy atom. The van der Waals surface area contributed by atoms with Crippen molar-refractivity contribution in [1.29, 1.82) is 0 Å². The summed E-state index contributed by atoms with van der Waals surface area (Å²) in [5.74, 6) is -0.938. The third kappa shape index (κ3) is 6.91. The van der Waals surface area contributed by atoms with Gasteiger partial charge in [0.15, 0.2) is 0 Å². The van der Waals surface area contributed by atoms with Crippen LogP contribution in [-0.2, 0) is 25.7 Å². The van der Waals surface area contributed by atoms with Gasteiger partial charge in [0.25, 0.3) is 11.6 Å². The SMILES string of the molecule is CS(=O)(=O)N(CC(=O)N/N=C\c1cc([N+](=O)[O-])ccc1N1CCOCC1)c1cccc(C(F)(F)F)c1. The number of ether oxygens (including phenoxy) is 1. The van der Waals surface area contributed by atoms with Gasteiger partial charge in [-0.05, 0) is 24.3 Å². The number of rotatable bonds is 8. The second-order valence-electron chi connectivity index (χ2n) is 7.71. The van der Waals surface area contributed by atoms with E-state index in [9.17, 15) is 36.5 Å². The van der Waals surface area contributed by atoms with Gasteiger partial charge in [0.05, 0.1) is 41.9 Å². The second kappa shape index (κ2) is 10.9. The highest BCUT2D eigenvalue weighted by atomic mass is 32.2. The van der Waals surface area contributed by atoms with E-state index in [2.05, 4.69) is 10.5 Å². The first kappa shape index (κ1) is 26.9. The lowest BCUT2D eigenvalue weighted by molar-refractivity contribution is -0.384. The van der Waals surface area contributed by atoms with Gasteiger partial charge in [-0.15, -0.1) is 0 Å². The van der Waals surface area contributed by atoms with Crippen molar-refractivity contribution in [3.63, 3.8) is 0 Å². The minimum Gasteiger partial charge on any atom is -0.378 e. The minimum atomic E-state index is -4.71. The Bertz CT molecular complexity index is 1260. The summed E-state index contributed by atoms with van der Waals surface area (Å²) in [6.45, 7) is 1.14. The zero-order valence-corrected chi connectivity index (χ0v) is 19.8. The van der Waals surface area contributed by atoms with Crippen LogP contribution in [0, 0.1) is 10.1 Å². The summed E-state index contributed by atoms with van der Waals surface area (Å²) >= 11 is 0. The fourth-order valence-electron chi connectivity index (χ4n) is 3.43. The number of non-ortho nitro benzene ring substituents is 1. The lowest BCUT2D eigenvalue weighted by Gasteiger charge is -2.29. The van der Waals surface area contributed by atoms with Crippen molar-refractivity contribution in [1.82, 2.24) is 5.43 Å². The Hall–Kier alpha value is -3.72. The molecule has 0 bridgehead atoms. The monoisotopic (exact) mass is 529 g/mol. The number of carbonyl (C=O) groups is 1. The van der Waals surface area contributed by atoms with Gasteiger partial charge in [-0.2, -0.15) is 18.3 Å². The predicted octanol–water partition coefficient (Wildman–Crippen LogP) is 2.37. The summed E-state index contributed by atoms with van der Waals surface area (Å²) in [6, 6.07) is 7.71. The highest BCUT2D eigenvalue weighted by Crippen LogP contribution is 2.32. The number of anilines is 2. The Kier molecular flexibility index (Phi) is 8.14. The van der Waals surface area contributed by atoms with E-state index in [4.69, 9.17) is 4.74 Å². The van der Waals surface area contributed by atoms with Gasteiger partial charge in [-0.3, -0.25) is 19.2 Å². The molecular weight excluding hydrogens is 507 g/mol. The molecule has 194 valence electrons. The molecule has 0 unspecified atom stereocenters. The van der Waals surface area contributed by atoms with Crippen molar-refractivity contribution in [3.05, 3.63) is 63.7 Å². The van der Waals surface area contributed by atoms with E-state index in [1.54, 1.807) is 6.07 Å². The molecule has 1 heterocycles. The minimum absolute atomic E-state index is 0.201. The Morgan fingerprint density at radius 3 is 2.56 bits per heavy atom. The van der Waals surface area contributed by atoms with Gasteiger partial charge >= 0.3 is 6.18 Å². The van der Waals surface area contributed by atoms with E-state index in [-0.39, 0.29) is 11.4 Å². The maximum Gasteiger partial charge on any atom is 0.416 e. The first-order valence-electron chi connectivity index (χ1n) is 10.4. The highest BCUT2D eigenvalue weighted by Gasteiger charge is 2.32. The van der Waals surface area contributed by atoms with Gasteiger partial charge in [0, 0.05) is 36.5 Å². The number of morpholine rings is 1. The number of nitro benzene ring substituents is 1. The second-order valence-corrected chi connectivity index (χ2v) is 9.62. The van der Waals surface area contributed by atoms with E-state index in [0.717, 1.165) is 24.5 Å². The molecule has 0 aromatic heterocycles. The molecule has 1 amide bonds. The molecule has 0 spiro atoms. The molecular formula is C21H22F3N5O6S. The smallest absolute Gasteiger partial charge is 0.378 e. The number of hydrazone groups is 1.